The van der Waals surface area contributed by atoms with E-state index >= 15 is 0 Å². The van der Waals surface area contributed by atoms with Crippen molar-refractivity contribution in [3.63, 3.8) is 0 Å². The number of hydrogen-bond acceptors (Lipinski definition) is 5. The van der Waals surface area contributed by atoms with Crippen molar-refractivity contribution in [3.8, 4) is 16.9 Å². The van der Waals surface area contributed by atoms with Crippen LogP contribution in [-0.4, -0.2) is 24.4 Å². The SMILES string of the molecule is C=C(C)C(=O)OC1CCC(Oc2ccc3cc(-c4ccc(CCCCC)cc4CC)c(=O)oc3c2)C1(C)C(F)(F)F. The smallest absolute Gasteiger partial charge is 0.401 e. The molecule has 1 fully saturated rings. The molecule has 0 N–H and O–H groups in total. The van der Waals surface area contributed by atoms with Crippen molar-refractivity contribution in [3.05, 3.63) is 76.2 Å². The summed E-state index contributed by atoms with van der Waals surface area (Å²) < 4.78 is 59.6. The van der Waals surface area contributed by atoms with Crippen molar-refractivity contribution in [1.29, 1.82) is 0 Å². The number of aryl methyl sites for hydroxylation is 2. The van der Waals surface area contributed by atoms with Crippen molar-refractivity contribution in [2.45, 2.75) is 91.0 Å². The van der Waals surface area contributed by atoms with Crippen LogP contribution in [0.15, 0.2) is 63.8 Å². The molecule has 1 heterocycles. The number of esters is 1. The number of carbonyl (C=O) groups is 1. The second kappa shape index (κ2) is 12.1. The van der Waals surface area contributed by atoms with Gasteiger partial charge < -0.3 is 13.9 Å². The molecular formula is C33H37F3O5. The summed E-state index contributed by atoms with van der Waals surface area (Å²) in [4.78, 5) is 25.1. The van der Waals surface area contributed by atoms with E-state index in [2.05, 4.69) is 19.6 Å². The summed E-state index contributed by atoms with van der Waals surface area (Å²) in [5, 5.41) is 0.624. The zero-order chi connectivity index (χ0) is 29.9. The molecule has 4 rings (SSSR count). The number of ether oxygens (including phenoxy) is 2. The quantitative estimate of drug-likeness (QED) is 0.106. The molecule has 2 aromatic carbocycles. The van der Waals surface area contributed by atoms with E-state index in [1.165, 1.54) is 25.0 Å². The van der Waals surface area contributed by atoms with Gasteiger partial charge in [-0.2, -0.15) is 13.2 Å². The van der Waals surface area contributed by atoms with Gasteiger partial charge in [-0.15, -0.1) is 0 Å². The zero-order valence-corrected chi connectivity index (χ0v) is 24.0. The number of benzene rings is 2. The molecule has 0 bridgehead atoms. The van der Waals surface area contributed by atoms with Crippen LogP contribution in [0.4, 0.5) is 13.2 Å². The van der Waals surface area contributed by atoms with Crippen molar-refractivity contribution in [2.75, 3.05) is 0 Å². The summed E-state index contributed by atoms with van der Waals surface area (Å²) in [6, 6.07) is 12.6. The third-order valence-corrected chi connectivity index (χ3v) is 8.13. The van der Waals surface area contributed by atoms with Gasteiger partial charge in [0.05, 0.1) is 5.56 Å². The third kappa shape index (κ3) is 6.21. The monoisotopic (exact) mass is 570 g/mol. The van der Waals surface area contributed by atoms with Crippen molar-refractivity contribution in [2.24, 2.45) is 5.41 Å². The van der Waals surface area contributed by atoms with Crippen molar-refractivity contribution < 1.29 is 31.9 Å². The minimum Gasteiger partial charge on any atom is -0.489 e. The topological polar surface area (TPSA) is 65.7 Å². The van der Waals surface area contributed by atoms with Crippen LogP contribution in [0.25, 0.3) is 22.1 Å². The molecule has 41 heavy (non-hydrogen) atoms. The maximum atomic E-state index is 14.3. The van der Waals surface area contributed by atoms with Crippen LogP contribution < -0.4 is 10.4 Å². The molecule has 3 atom stereocenters. The van der Waals surface area contributed by atoms with Gasteiger partial charge in [-0.3, -0.25) is 0 Å². The highest BCUT2D eigenvalue weighted by molar-refractivity contribution is 5.87. The molecular weight excluding hydrogens is 533 g/mol. The molecule has 1 saturated carbocycles. The first-order valence-electron chi connectivity index (χ1n) is 14.2. The predicted octanol–water partition coefficient (Wildman–Crippen LogP) is 8.35. The molecule has 0 amide bonds. The van der Waals surface area contributed by atoms with Crippen LogP contribution in [0, 0.1) is 5.41 Å². The van der Waals surface area contributed by atoms with Gasteiger partial charge in [0.1, 0.15) is 29.0 Å². The second-order valence-electron chi connectivity index (χ2n) is 11.1. The predicted molar refractivity (Wildman–Crippen MR) is 153 cm³/mol. The molecule has 0 spiro atoms. The van der Waals surface area contributed by atoms with Gasteiger partial charge >= 0.3 is 17.8 Å². The minimum atomic E-state index is -4.70. The van der Waals surface area contributed by atoms with E-state index in [-0.39, 0.29) is 29.7 Å². The standard InChI is InChI=1S/C33H37F3O5/c1-6-8-9-10-21-11-14-25(22(7-2)17-21)26-18-23-12-13-24(19-27(23)40-31(26)38)39-28-15-16-29(41-30(37)20(3)4)32(28,5)33(34,35)36/h11-14,17-19,28-29H,3,6-10,15-16H2,1-2,4-5H3. The number of alkyl halides is 3. The lowest BCUT2D eigenvalue weighted by Gasteiger charge is -2.37. The molecule has 3 aromatic rings. The van der Waals surface area contributed by atoms with Gasteiger partial charge in [0.25, 0.3) is 0 Å². The summed E-state index contributed by atoms with van der Waals surface area (Å²) in [6.45, 7) is 10.1. The highest BCUT2D eigenvalue weighted by atomic mass is 19.4. The first kappa shape index (κ1) is 30.4. The van der Waals surface area contributed by atoms with Crippen LogP contribution in [-0.2, 0) is 22.4 Å². The summed E-state index contributed by atoms with van der Waals surface area (Å²) in [7, 11) is 0. The maximum Gasteiger partial charge on any atom is 0.401 e. The van der Waals surface area contributed by atoms with Gasteiger partial charge in [-0.25, -0.2) is 9.59 Å². The average molecular weight is 571 g/mol. The van der Waals surface area contributed by atoms with Gasteiger partial charge in [0.2, 0.25) is 0 Å². The number of hydrogen-bond donors (Lipinski definition) is 0. The zero-order valence-electron chi connectivity index (χ0n) is 24.0. The van der Waals surface area contributed by atoms with Crippen LogP contribution in [0.5, 0.6) is 5.75 Å². The van der Waals surface area contributed by atoms with E-state index in [0.717, 1.165) is 43.7 Å². The van der Waals surface area contributed by atoms with E-state index < -0.39 is 35.4 Å². The molecule has 1 aromatic heterocycles. The summed E-state index contributed by atoms with van der Waals surface area (Å²) >= 11 is 0. The normalized spacial score (nSPS) is 20.8. The number of halogens is 3. The number of fused-ring (bicyclic) bond motifs is 1. The number of carbonyl (C=O) groups excluding carboxylic acids is 1. The number of rotatable bonds is 10. The van der Waals surface area contributed by atoms with Gasteiger partial charge in [-0.05, 0) is 80.8 Å². The second-order valence-corrected chi connectivity index (χ2v) is 11.1. The molecule has 0 saturated heterocycles. The first-order chi connectivity index (χ1) is 19.4. The summed E-state index contributed by atoms with van der Waals surface area (Å²) in [5.41, 5.74) is 0.809. The van der Waals surface area contributed by atoms with Crippen LogP contribution in [0.3, 0.4) is 0 Å². The fourth-order valence-corrected chi connectivity index (χ4v) is 5.52. The van der Waals surface area contributed by atoms with Gasteiger partial charge in [0.15, 0.2) is 0 Å². The van der Waals surface area contributed by atoms with E-state index in [4.69, 9.17) is 13.9 Å². The Morgan fingerprint density at radius 2 is 1.78 bits per heavy atom. The maximum absolute atomic E-state index is 14.3. The highest BCUT2D eigenvalue weighted by Crippen LogP contribution is 2.53. The Morgan fingerprint density at radius 1 is 1.05 bits per heavy atom. The van der Waals surface area contributed by atoms with Gasteiger partial charge in [0, 0.05) is 17.0 Å². The van der Waals surface area contributed by atoms with E-state index in [1.807, 2.05) is 19.1 Å². The lowest BCUT2D eigenvalue weighted by Crippen LogP contribution is -2.51. The molecule has 3 unspecified atom stereocenters. The van der Waals surface area contributed by atoms with Gasteiger partial charge in [-0.1, -0.05) is 51.5 Å². The highest BCUT2D eigenvalue weighted by Gasteiger charge is 2.66. The Morgan fingerprint density at radius 3 is 2.44 bits per heavy atom. The fraction of sp³-hybridized carbons (Fsp3) is 0.455. The Hall–Kier alpha value is -3.55. The lowest BCUT2D eigenvalue weighted by molar-refractivity contribution is -0.262. The summed E-state index contributed by atoms with van der Waals surface area (Å²) in [5.74, 6) is -0.738. The average Bonchev–Trinajstić information content (AvgIpc) is 3.24. The van der Waals surface area contributed by atoms with E-state index in [1.54, 1.807) is 18.2 Å². The Balaban J connectivity index is 1.61. The van der Waals surface area contributed by atoms with E-state index in [0.29, 0.717) is 10.9 Å². The molecule has 5 nitrogen and oxygen atoms in total. The largest absolute Gasteiger partial charge is 0.489 e. The third-order valence-electron chi connectivity index (χ3n) is 8.13. The fourth-order valence-electron chi connectivity index (χ4n) is 5.52. The Bertz CT molecular complexity index is 1490. The van der Waals surface area contributed by atoms with Crippen molar-refractivity contribution in [1.82, 2.24) is 0 Å². The van der Waals surface area contributed by atoms with Crippen LogP contribution >= 0.6 is 0 Å². The Kier molecular flexibility index (Phi) is 9.00. The first-order valence-corrected chi connectivity index (χ1v) is 14.2. The summed E-state index contributed by atoms with van der Waals surface area (Å²) in [6.07, 6.45) is -2.23. The van der Waals surface area contributed by atoms with Crippen molar-refractivity contribution >= 4 is 16.9 Å². The molecule has 1 aliphatic carbocycles. The molecule has 8 heteroatoms. The van der Waals surface area contributed by atoms with Crippen LogP contribution in [0.1, 0.15) is 70.9 Å². The van der Waals surface area contributed by atoms with Crippen LogP contribution in [0.2, 0.25) is 0 Å². The molecule has 0 aliphatic heterocycles. The molecule has 220 valence electrons. The molecule has 1 aliphatic rings. The lowest BCUT2D eigenvalue weighted by atomic mass is 9.83. The minimum absolute atomic E-state index is 0.0110. The van der Waals surface area contributed by atoms with E-state index in [9.17, 15) is 22.8 Å². The number of unbranched alkanes of at least 4 members (excludes halogenated alkanes) is 2. The molecule has 0 radical (unpaired) electrons. The Labute approximate surface area is 238 Å².